The van der Waals surface area contributed by atoms with Crippen LogP contribution in [-0.4, -0.2) is 37.5 Å². The van der Waals surface area contributed by atoms with Crippen LogP contribution < -0.4 is 4.72 Å². The van der Waals surface area contributed by atoms with E-state index >= 15 is 0 Å². The van der Waals surface area contributed by atoms with Gasteiger partial charge in [-0.15, -0.1) is 0 Å². The first-order chi connectivity index (χ1) is 9.42. The summed E-state index contributed by atoms with van der Waals surface area (Å²) >= 11 is 0. The standard InChI is InChI=1S/C12H19N3O4S/c1-8-13-7-11(14-8)20(17,18)15-10-5-3-9(4-6-10)12(16)19-2/h7,9-10,15H,3-6H2,1-2H3,(H,13,14). The maximum Gasteiger partial charge on any atom is 0.308 e. The molecule has 1 fully saturated rings. The van der Waals surface area contributed by atoms with Crippen molar-refractivity contribution in [2.45, 2.75) is 43.7 Å². The first kappa shape index (κ1) is 15.0. The minimum Gasteiger partial charge on any atom is -0.469 e. The number of methoxy groups -OCH3 is 1. The van der Waals surface area contributed by atoms with E-state index in [-0.39, 0.29) is 23.0 Å². The van der Waals surface area contributed by atoms with Crippen LogP contribution >= 0.6 is 0 Å². The number of aromatic nitrogens is 2. The van der Waals surface area contributed by atoms with Crippen LogP contribution in [0.4, 0.5) is 0 Å². The number of nitrogens with zero attached hydrogens (tertiary/aromatic N) is 1. The van der Waals surface area contributed by atoms with Crippen molar-refractivity contribution in [3.8, 4) is 0 Å². The third kappa shape index (κ3) is 3.37. The SMILES string of the molecule is COC(=O)C1CCC(NS(=O)(=O)c2cnc(C)[nH]2)CC1. The number of rotatable bonds is 4. The van der Waals surface area contributed by atoms with Gasteiger partial charge in [0.2, 0.25) is 0 Å². The molecule has 7 nitrogen and oxygen atoms in total. The van der Waals surface area contributed by atoms with Crippen LogP contribution in [0.3, 0.4) is 0 Å². The molecular weight excluding hydrogens is 282 g/mol. The molecule has 1 aliphatic carbocycles. The van der Waals surface area contributed by atoms with Crippen molar-refractivity contribution >= 4 is 16.0 Å². The van der Waals surface area contributed by atoms with Crippen molar-refractivity contribution in [2.75, 3.05) is 7.11 Å². The summed E-state index contributed by atoms with van der Waals surface area (Å²) in [6.07, 6.45) is 3.85. The van der Waals surface area contributed by atoms with Gasteiger partial charge in [-0.1, -0.05) is 0 Å². The Morgan fingerprint density at radius 2 is 2.05 bits per heavy atom. The third-order valence-corrected chi connectivity index (χ3v) is 4.98. The summed E-state index contributed by atoms with van der Waals surface area (Å²) in [4.78, 5) is 18.0. The zero-order valence-electron chi connectivity index (χ0n) is 11.5. The number of nitrogens with one attached hydrogen (secondary N) is 2. The van der Waals surface area contributed by atoms with E-state index in [1.165, 1.54) is 13.3 Å². The Morgan fingerprint density at radius 1 is 1.40 bits per heavy atom. The predicted octanol–water partition coefficient (Wildman–Crippen LogP) is 0.728. The average molecular weight is 301 g/mol. The van der Waals surface area contributed by atoms with Gasteiger partial charge in [0.25, 0.3) is 10.0 Å². The van der Waals surface area contributed by atoms with Crippen LogP contribution in [0.5, 0.6) is 0 Å². The Balaban J connectivity index is 1.94. The van der Waals surface area contributed by atoms with Gasteiger partial charge in [-0.25, -0.2) is 18.1 Å². The summed E-state index contributed by atoms with van der Waals surface area (Å²) in [5.74, 6) is 0.227. The van der Waals surface area contributed by atoms with E-state index < -0.39 is 10.0 Å². The first-order valence-corrected chi connectivity index (χ1v) is 8.02. The predicted molar refractivity (Wildman–Crippen MR) is 71.4 cm³/mol. The highest BCUT2D eigenvalue weighted by molar-refractivity contribution is 7.89. The van der Waals surface area contributed by atoms with Gasteiger partial charge in [-0.05, 0) is 32.6 Å². The number of hydrogen-bond acceptors (Lipinski definition) is 5. The third-order valence-electron chi connectivity index (χ3n) is 3.55. The van der Waals surface area contributed by atoms with E-state index in [1.807, 2.05) is 0 Å². The fourth-order valence-electron chi connectivity index (χ4n) is 2.43. The van der Waals surface area contributed by atoms with E-state index in [4.69, 9.17) is 4.74 Å². The topological polar surface area (TPSA) is 101 Å². The Morgan fingerprint density at radius 3 is 2.55 bits per heavy atom. The molecule has 1 heterocycles. The zero-order valence-corrected chi connectivity index (χ0v) is 12.4. The van der Waals surface area contributed by atoms with Crippen LogP contribution in [0.1, 0.15) is 31.5 Å². The molecule has 0 aliphatic heterocycles. The summed E-state index contributed by atoms with van der Waals surface area (Å²) in [6, 6.07) is -0.149. The lowest BCUT2D eigenvalue weighted by molar-refractivity contribution is -0.146. The number of ether oxygens (including phenoxy) is 1. The van der Waals surface area contributed by atoms with Gasteiger partial charge in [0, 0.05) is 6.04 Å². The van der Waals surface area contributed by atoms with Gasteiger partial charge in [0.15, 0.2) is 5.03 Å². The van der Waals surface area contributed by atoms with E-state index in [0.717, 1.165) is 0 Å². The molecule has 1 aromatic rings. The maximum absolute atomic E-state index is 12.1. The van der Waals surface area contributed by atoms with Crippen LogP contribution in [0, 0.1) is 12.8 Å². The summed E-state index contributed by atoms with van der Waals surface area (Å²) < 4.78 is 31.6. The normalized spacial score (nSPS) is 23.5. The first-order valence-electron chi connectivity index (χ1n) is 6.54. The molecule has 0 unspecified atom stereocenters. The molecule has 0 bridgehead atoms. The quantitative estimate of drug-likeness (QED) is 0.798. The fraction of sp³-hybridized carbons (Fsp3) is 0.667. The molecular formula is C12H19N3O4S. The van der Waals surface area contributed by atoms with Gasteiger partial charge >= 0.3 is 5.97 Å². The molecule has 2 N–H and O–H groups in total. The molecule has 1 saturated carbocycles. The van der Waals surface area contributed by atoms with Gasteiger partial charge in [-0.2, -0.15) is 0 Å². The molecule has 2 rings (SSSR count). The summed E-state index contributed by atoms with van der Waals surface area (Å²) in [6.45, 7) is 1.70. The zero-order chi connectivity index (χ0) is 14.8. The largest absolute Gasteiger partial charge is 0.469 e. The molecule has 0 radical (unpaired) electrons. The maximum atomic E-state index is 12.1. The lowest BCUT2D eigenvalue weighted by Crippen LogP contribution is -2.39. The summed E-state index contributed by atoms with van der Waals surface area (Å²) in [7, 11) is -2.19. The molecule has 0 spiro atoms. The highest BCUT2D eigenvalue weighted by atomic mass is 32.2. The Hall–Kier alpha value is -1.41. The van der Waals surface area contributed by atoms with E-state index in [9.17, 15) is 13.2 Å². The van der Waals surface area contributed by atoms with E-state index in [2.05, 4.69) is 14.7 Å². The summed E-state index contributed by atoms with van der Waals surface area (Å²) in [5.41, 5.74) is 0. The van der Waals surface area contributed by atoms with Crippen LogP contribution in [-0.2, 0) is 19.6 Å². The van der Waals surface area contributed by atoms with Crippen molar-refractivity contribution < 1.29 is 17.9 Å². The van der Waals surface area contributed by atoms with Crippen LogP contribution in [0.25, 0.3) is 0 Å². The molecule has 8 heteroatoms. The number of sulfonamides is 1. The molecule has 0 atom stereocenters. The monoisotopic (exact) mass is 301 g/mol. The minimum atomic E-state index is -3.57. The average Bonchev–Trinajstić information content (AvgIpc) is 2.86. The molecule has 0 aromatic carbocycles. The van der Waals surface area contributed by atoms with Crippen molar-refractivity contribution in [1.29, 1.82) is 0 Å². The Labute approximate surface area is 118 Å². The van der Waals surface area contributed by atoms with Crippen molar-refractivity contribution in [3.63, 3.8) is 0 Å². The van der Waals surface area contributed by atoms with E-state index in [1.54, 1.807) is 6.92 Å². The van der Waals surface area contributed by atoms with Crippen molar-refractivity contribution in [3.05, 3.63) is 12.0 Å². The number of esters is 1. The number of imidazole rings is 1. The van der Waals surface area contributed by atoms with Gasteiger partial charge < -0.3 is 9.72 Å². The molecule has 0 amide bonds. The highest BCUT2D eigenvalue weighted by Gasteiger charge is 2.30. The number of carbonyl (C=O) groups is 1. The van der Waals surface area contributed by atoms with E-state index in [0.29, 0.717) is 31.5 Å². The number of aryl methyl sites for hydroxylation is 1. The number of aromatic amines is 1. The smallest absolute Gasteiger partial charge is 0.308 e. The molecule has 0 saturated heterocycles. The van der Waals surface area contributed by atoms with Gasteiger partial charge in [0.1, 0.15) is 5.82 Å². The van der Waals surface area contributed by atoms with Crippen LogP contribution in [0.2, 0.25) is 0 Å². The van der Waals surface area contributed by atoms with Crippen molar-refractivity contribution in [2.24, 2.45) is 5.92 Å². The lowest BCUT2D eigenvalue weighted by atomic mass is 9.86. The molecule has 1 aliphatic rings. The Bertz CT molecular complexity index is 573. The lowest BCUT2D eigenvalue weighted by Gasteiger charge is -2.27. The van der Waals surface area contributed by atoms with Crippen LogP contribution in [0.15, 0.2) is 11.2 Å². The van der Waals surface area contributed by atoms with Crippen molar-refractivity contribution in [1.82, 2.24) is 14.7 Å². The molecule has 112 valence electrons. The molecule has 1 aromatic heterocycles. The summed E-state index contributed by atoms with van der Waals surface area (Å²) in [5, 5.41) is 0.0742. The number of carbonyl (C=O) groups excluding carboxylic acids is 1. The Kier molecular flexibility index (Phi) is 4.44. The second-order valence-corrected chi connectivity index (χ2v) is 6.71. The number of hydrogen-bond donors (Lipinski definition) is 2. The fourth-order valence-corrected chi connectivity index (χ4v) is 3.71. The second kappa shape index (κ2) is 5.92. The highest BCUT2D eigenvalue weighted by Crippen LogP contribution is 2.26. The van der Waals surface area contributed by atoms with Gasteiger partial charge in [0.05, 0.1) is 19.2 Å². The molecule has 20 heavy (non-hydrogen) atoms. The minimum absolute atomic E-state index is 0.0742. The number of H-pyrrole nitrogens is 1. The second-order valence-electron chi connectivity index (χ2n) is 5.03. The van der Waals surface area contributed by atoms with Gasteiger partial charge in [-0.3, -0.25) is 4.79 Å².